The third-order valence-electron chi connectivity index (χ3n) is 15.5. The quantitative estimate of drug-likeness (QED) is 0.0688. The molecule has 2 fully saturated rings. The number of methoxy groups -OCH3 is 1. The Labute approximate surface area is 435 Å². The van der Waals surface area contributed by atoms with Gasteiger partial charge >= 0.3 is 11.8 Å². The zero-order valence-electron chi connectivity index (χ0n) is 43.2. The number of fused-ring (bicyclic) bond motifs is 13. The van der Waals surface area contributed by atoms with Crippen LogP contribution in [0.4, 0.5) is 5.69 Å². The van der Waals surface area contributed by atoms with Gasteiger partial charge in [0.25, 0.3) is 11.7 Å². The van der Waals surface area contributed by atoms with E-state index in [9.17, 15) is 39.6 Å². The van der Waals surface area contributed by atoms with Crippen molar-refractivity contribution in [3.05, 3.63) is 58.0 Å². The number of aliphatic hydroxyl groups is 2. The lowest BCUT2D eigenvalue weighted by Gasteiger charge is -2.38. The van der Waals surface area contributed by atoms with E-state index in [1.165, 1.54) is 26.4 Å². The average molecular weight is 1110 g/mol. The first-order chi connectivity index (χ1) is 34.0. The van der Waals surface area contributed by atoms with E-state index < -0.39 is 101 Å². The number of phenolic OH excluding ortho intramolecular Hbond substituents is 2. The van der Waals surface area contributed by atoms with Crippen LogP contribution in [0.3, 0.4) is 0 Å². The molecular formula is C53H73IN6O12. The van der Waals surface area contributed by atoms with Gasteiger partial charge in [0.05, 0.1) is 40.9 Å². The summed E-state index contributed by atoms with van der Waals surface area (Å²) in [5.74, 6) is -7.95. The molecule has 2 amide bonds. The van der Waals surface area contributed by atoms with Crippen molar-refractivity contribution in [1.82, 2.24) is 15.1 Å². The van der Waals surface area contributed by atoms with E-state index >= 15 is 0 Å². The molecule has 2 aromatic carbocycles. The van der Waals surface area contributed by atoms with Crippen LogP contribution in [-0.4, -0.2) is 147 Å². The summed E-state index contributed by atoms with van der Waals surface area (Å²) in [6.45, 7) is 18.1. The summed E-state index contributed by atoms with van der Waals surface area (Å²) < 4.78 is 25.0. The number of carbonyl (C=O) groups excluding carboxylic acids is 4. The number of hydrogen-bond acceptors (Lipinski definition) is 16. The van der Waals surface area contributed by atoms with Crippen molar-refractivity contribution in [1.29, 1.82) is 0 Å². The molecule has 0 aliphatic carbocycles. The number of anilines is 1. The molecule has 2 aromatic rings. The Morgan fingerprint density at radius 1 is 0.958 bits per heavy atom. The van der Waals surface area contributed by atoms with Crippen molar-refractivity contribution >= 4 is 62.6 Å². The lowest BCUT2D eigenvalue weighted by molar-refractivity contribution is -0.164. The van der Waals surface area contributed by atoms with Crippen LogP contribution in [0.5, 0.6) is 17.2 Å². The number of halogens is 1. The van der Waals surface area contributed by atoms with Crippen LogP contribution in [0.2, 0.25) is 0 Å². The van der Waals surface area contributed by atoms with Crippen molar-refractivity contribution < 1.29 is 58.6 Å². The van der Waals surface area contributed by atoms with Crippen LogP contribution in [0.25, 0.3) is 10.8 Å². The van der Waals surface area contributed by atoms with Crippen LogP contribution in [0.1, 0.15) is 96.5 Å². The molecule has 1 spiro atoms. The number of ketones is 1. The number of esters is 1. The zero-order chi connectivity index (χ0) is 52.6. The number of Topliss-reactive ketones (excluding diaryl/α,β-unsaturated/α-hetero) is 1. The lowest BCUT2D eigenvalue weighted by Crippen LogP contribution is -2.47. The molecule has 0 radical (unpaired) electrons. The summed E-state index contributed by atoms with van der Waals surface area (Å²) in [5.41, 5.74) is -0.691. The first-order valence-corrected chi connectivity index (χ1v) is 26.4. The number of aliphatic hydroxyl groups excluding tert-OH is 2. The molecule has 8 rings (SSSR count). The normalized spacial score (nSPS) is 31.6. The minimum Gasteiger partial charge on any atom is -0.507 e. The number of amides is 2. The third kappa shape index (κ3) is 11.4. The van der Waals surface area contributed by atoms with Crippen LogP contribution >= 0.6 is 22.6 Å². The summed E-state index contributed by atoms with van der Waals surface area (Å²) >= 11 is 2.40. The number of alkyl halides is 1. The number of carbonyl (C=O) groups is 4. The monoisotopic (exact) mass is 1110 g/mol. The van der Waals surface area contributed by atoms with Gasteiger partial charge in [0.2, 0.25) is 5.91 Å². The molecule has 18 nitrogen and oxygen atoms in total. The topological polar surface area (TPSA) is 241 Å². The molecule has 6 aliphatic rings. The molecular weight excluding hydrogens is 1040 g/mol. The van der Waals surface area contributed by atoms with E-state index in [1.807, 2.05) is 0 Å². The van der Waals surface area contributed by atoms with Crippen molar-refractivity contribution in [3.63, 3.8) is 0 Å². The molecule has 394 valence electrons. The highest BCUT2D eigenvalue weighted by Gasteiger charge is 2.50. The fourth-order valence-electron chi connectivity index (χ4n) is 10.8. The van der Waals surface area contributed by atoms with Crippen LogP contribution < -0.4 is 26.1 Å². The lowest BCUT2D eigenvalue weighted by atomic mass is 9.78. The van der Waals surface area contributed by atoms with Crippen molar-refractivity contribution in [2.45, 2.75) is 127 Å². The van der Waals surface area contributed by atoms with Gasteiger partial charge in [-0.05, 0) is 58.8 Å². The molecule has 2 saturated heterocycles. The number of hydrogen-bond donors (Lipinski definition) is 6. The van der Waals surface area contributed by atoms with Gasteiger partial charge in [0.1, 0.15) is 35.1 Å². The maximum absolute atomic E-state index is 14.9. The highest BCUT2D eigenvalue weighted by Crippen LogP contribution is 2.50. The van der Waals surface area contributed by atoms with Gasteiger partial charge in [0, 0.05) is 97.2 Å². The van der Waals surface area contributed by atoms with E-state index in [-0.39, 0.29) is 49.6 Å². The number of nitrogens with zero attached hydrogens (tertiary/aromatic N) is 4. The molecule has 72 heavy (non-hydrogen) atoms. The van der Waals surface area contributed by atoms with Crippen LogP contribution in [0, 0.1) is 36.5 Å². The molecule has 10 atom stereocenters. The van der Waals surface area contributed by atoms with E-state index in [1.54, 1.807) is 59.8 Å². The number of piperidine rings is 2. The maximum Gasteiger partial charge on any atom is 0.315 e. The molecule has 5 bridgehead atoms. The number of rotatable bonds is 8. The Balaban J connectivity index is 1.28. The summed E-state index contributed by atoms with van der Waals surface area (Å²) in [6, 6.07) is 0. The van der Waals surface area contributed by atoms with Gasteiger partial charge in [-0.25, -0.2) is 0 Å². The summed E-state index contributed by atoms with van der Waals surface area (Å²) in [7, 11) is 3.50. The summed E-state index contributed by atoms with van der Waals surface area (Å²) in [4.78, 5) is 70.6. The number of nitrogens with one attached hydrogen (secondary N) is 2. The van der Waals surface area contributed by atoms with Gasteiger partial charge in [-0.3, -0.25) is 29.2 Å². The van der Waals surface area contributed by atoms with E-state index in [0.717, 1.165) is 32.5 Å². The number of phenols is 2. The van der Waals surface area contributed by atoms with Gasteiger partial charge < -0.3 is 59.8 Å². The first-order valence-electron chi connectivity index (χ1n) is 25.2. The second-order valence-corrected chi connectivity index (χ2v) is 23.1. The standard InChI is InChI=1S/C53H73IN6O12/c1-27-12-11-13-28(2)51(68)56-43-42-41(57-53(58-42)17-21-60(22-18-53)26-29(3)54)38-39(47(43)66)46(65)33(7)49-40(38)50(67)52(8,72-49)70-23-16-35(69-10)30(4)48(32(6)45(64)31(5)44(27)63)71-37(62)24-36(61)55-25-34-14-19-59(9)20-15-34/h11-13,16,23,27,29-32,34-35,44-45,48,63-66H,14-15,17-22,24-26H2,1-10H3,(H,55,61)(H,56,68)/b12-11+,23-16+,28-13-/t27-,29?,30+,31+,32+,35-,44-,45+,48+,52-/m0/s1. The van der Waals surface area contributed by atoms with Crippen molar-refractivity contribution in [2.24, 2.45) is 39.6 Å². The van der Waals surface area contributed by atoms with Gasteiger partial charge in [-0.1, -0.05) is 75.4 Å². The smallest absolute Gasteiger partial charge is 0.315 e. The largest absolute Gasteiger partial charge is 0.507 e. The highest BCUT2D eigenvalue weighted by atomic mass is 127. The fraction of sp³-hybridized carbons (Fsp3) is 0.623. The number of aromatic hydroxyl groups is 2. The number of likely N-dealkylation sites (tertiary alicyclic amines) is 2. The molecule has 6 heterocycles. The minimum absolute atomic E-state index is 0.00993. The number of ether oxygens (including phenoxy) is 4. The average Bonchev–Trinajstić information content (AvgIpc) is 3.84. The summed E-state index contributed by atoms with van der Waals surface area (Å²) in [5, 5.41) is 53.8. The SMILES string of the molecule is CO[C@H]1/C=C/O[C@@]2(C)Oc3c(C)c(O)c4c(O)c(c5c(c4c3C2=O)=NC2(CCN(CC(C)I)CC2)N=5)NC(=O)/C(C)=C\C=C\[C@H](C)[C@H](O)[C@@H](C)[C@@H](O)[C@@H](C)[C@H](OC(=O)CC(=O)NCC2CCN(C)CC2)[C@@H]1C. The Morgan fingerprint density at radius 2 is 1.62 bits per heavy atom. The predicted molar refractivity (Wildman–Crippen MR) is 279 cm³/mol. The number of benzene rings is 2. The predicted octanol–water partition coefficient (Wildman–Crippen LogP) is 4.75. The van der Waals surface area contributed by atoms with Gasteiger partial charge in [-0.2, -0.15) is 0 Å². The Hall–Kier alpha value is -4.67. The van der Waals surface area contributed by atoms with Gasteiger partial charge in [0.15, 0.2) is 11.4 Å². The van der Waals surface area contributed by atoms with Crippen molar-refractivity contribution in [2.75, 3.05) is 58.7 Å². The Morgan fingerprint density at radius 3 is 2.28 bits per heavy atom. The second-order valence-electron chi connectivity index (χ2n) is 20.9. The molecule has 0 aromatic heterocycles. The summed E-state index contributed by atoms with van der Waals surface area (Å²) in [6.07, 6.45) is 5.71. The fourth-order valence-corrected chi connectivity index (χ4v) is 11.3. The van der Waals surface area contributed by atoms with E-state index in [2.05, 4.69) is 57.0 Å². The zero-order valence-corrected chi connectivity index (χ0v) is 45.3. The third-order valence-corrected chi connectivity index (χ3v) is 15.9. The molecule has 1 unspecified atom stereocenters. The van der Waals surface area contributed by atoms with E-state index in [4.69, 9.17) is 28.9 Å². The Bertz CT molecular complexity index is 2640. The molecule has 19 heteroatoms. The van der Waals surface area contributed by atoms with Crippen molar-refractivity contribution in [3.8, 4) is 17.2 Å². The van der Waals surface area contributed by atoms with Gasteiger partial charge in [-0.15, -0.1) is 0 Å². The molecule has 6 aliphatic heterocycles. The molecule has 6 N–H and O–H groups in total. The Kier molecular flexibility index (Phi) is 17.2. The number of allylic oxidation sites excluding steroid dienone is 2. The second kappa shape index (κ2) is 22.4. The van der Waals surface area contributed by atoms with Crippen LogP contribution in [-0.2, 0) is 28.6 Å². The highest BCUT2D eigenvalue weighted by molar-refractivity contribution is 14.1. The first kappa shape index (κ1) is 55.1. The minimum atomic E-state index is -2.02. The van der Waals surface area contributed by atoms with E-state index in [0.29, 0.717) is 42.3 Å². The molecule has 0 saturated carbocycles. The maximum atomic E-state index is 14.9. The van der Waals surface area contributed by atoms with Crippen LogP contribution in [0.15, 0.2) is 46.1 Å².